The Morgan fingerprint density at radius 3 is 2.16 bits per heavy atom. The number of hydrogen-bond donors (Lipinski definition) is 0. The number of amides is 3. The van der Waals surface area contributed by atoms with Gasteiger partial charge in [-0.1, -0.05) is 23.7 Å². The lowest BCUT2D eigenvalue weighted by atomic mass is 10.0. The smallest absolute Gasteiger partial charge is 0.261 e. The maximum atomic E-state index is 13.1. The Labute approximate surface area is 190 Å². The third-order valence-electron chi connectivity index (χ3n) is 5.49. The molecule has 4 rings (SSSR count). The number of anilines is 1. The zero-order chi connectivity index (χ0) is 23.0. The minimum atomic E-state index is -0.331. The lowest BCUT2D eigenvalue weighted by molar-refractivity contribution is -0.117. The Hall–Kier alpha value is -3.45. The van der Waals surface area contributed by atoms with Gasteiger partial charge in [0.05, 0.1) is 23.2 Å². The zero-order valence-corrected chi connectivity index (χ0v) is 18.6. The third-order valence-corrected chi connectivity index (χ3v) is 5.72. The van der Waals surface area contributed by atoms with E-state index in [1.54, 1.807) is 67.7 Å². The van der Waals surface area contributed by atoms with Gasteiger partial charge in [0.15, 0.2) is 5.78 Å². The molecule has 2 aromatic rings. The quantitative estimate of drug-likeness (QED) is 0.514. The number of rotatable bonds is 5. The zero-order valence-electron chi connectivity index (χ0n) is 17.8. The molecule has 0 spiro atoms. The molecule has 0 saturated heterocycles. The monoisotopic (exact) mass is 451 g/mol. The van der Waals surface area contributed by atoms with Crippen LogP contribution in [0.5, 0.6) is 0 Å². The fourth-order valence-electron chi connectivity index (χ4n) is 4.06. The van der Waals surface area contributed by atoms with E-state index in [2.05, 4.69) is 0 Å². The largest absolute Gasteiger partial charge is 0.383 e. The van der Waals surface area contributed by atoms with Gasteiger partial charge in [0.1, 0.15) is 0 Å². The summed E-state index contributed by atoms with van der Waals surface area (Å²) in [6.07, 6.45) is 1.97. The van der Waals surface area contributed by atoms with Gasteiger partial charge in [0, 0.05) is 49.5 Å². The number of hydrogen-bond acceptors (Lipinski definition) is 5. The molecule has 0 bridgehead atoms. The van der Waals surface area contributed by atoms with Crippen molar-refractivity contribution in [2.75, 3.05) is 32.1 Å². The van der Waals surface area contributed by atoms with Crippen molar-refractivity contribution < 1.29 is 19.2 Å². The molecule has 2 heterocycles. The Morgan fingerprint density at radius 1 is 0.906 bits per heavy atom. The van der Waals surface area contributed by atoms with Crippen LogP contribution in [0.25, 0.3) is 0 Å². The summed E-state index contributed by atoms with van der Waals surface area (Å²) < 4.78 is 0. The Kier molecular flexibility index (Phi) is 5.84. The summed E-state index contributed by atoms with van der Waals surface area (Å²) in [7, 11) is 3.58. The second kappa shape index (κ2) is 8.59. The highest BCUT2D eigenvalue weighted by Gasteiger charge is 2.35. The van der Waals surface area contributed by atoms with E-state index in [-0.39, 0.29) is 43.0 Å². The number of benzene rings is 2. The van der Waals surface area contributed by atoms with Gasteiger partial charge in [-0.05, 0) is 36.8 Å². The highest BCUT2D eigenvalue weighted by molar-refractivity contribution is 6.31. The van der Waals surface area contributed by atoms with Crippen molar-refractivity contribution >= 4 is 40.8 Å². The third kappa shape index (κ3) is 3.91. The molecule has 2 aromatic carbocycles. The highest BCUT2D eigenvalue weighted by Crippen LogP contribution is 2.32. The molecule has 0 N–H and O–H groups in total. The fraction of sp³-hybridized carbons (Fsp3) is 0.250. The maximum Gasteiger partial charge on any atom is 0.261 e. The SMILES string of the molecule is CN(C)C=C1CC(=O)N(CCCN2C(=O)c3ccccc3C2=O)c2cc(Cl)ccc2C1=O. The molecule has 0 aromatic heterocycles. The average molecular weight is 452 g/mol. The molecule has 8 heteroatoms. The van der Waals surface area contributed by atoms with Crippen molar-refractivity contribution in [1.82, 2.24) is 9.80 Å². The number of halogens is 1. The van der Waals surface area contributed by atoms with Crippen LogP contribution in [0.1, 0.15) is 43.9 Å². The van der Waals surface area contributed by atoms with Crippen LogP contribution in [0.15, 0.2) is 54.2 Å². The molecule has 7 nitrogen and oxygen atoms in total. The summed E-state index contributed by atoms with van der Waals surface area (Å²) in [6.45, 7) is 0.405. The van der Waals surface area contributed by atoms with Gasteiger partial charge in [-0.2, -0.15) is 0 Å². The number of carbonyl (C=O) groups is 4. The number of carbonyl (C=O) groups excluding carboxylic acids is 4. The topological polar surface area (TPSA) is 78.0 Å². The Morgan fingerprint density at radius 2 is 1.53 bits per heavy atom. The van der Waals surface area contributed by atoms with Gasteiger partial charge >= 0.3 is 0 Å². The van der Waals surface area contributed by atoms with E-state index in [0.717, 1.165) is 0 Å². The van der Waals surface area contributed by atoms with Gasteiger partial charge in [-0.25, -0.2) is 0 Å². The van der Waals surface area contributed by atoms with Gasteiger partial charge in [-0.3, -0.25) is 24.1 Å². The molecule has 0 fully saturated rings. The summed E-state index contributed by atoms with van der Waals surface area (Å²) in [6, 6.07) is 11.6. The van der Waals surface area contributed by atoms with E-state index in [9.17, 15) is 19.2 Å². The maximum absolute atomic E-state index is 13.1. The minimum Gasteiger partial charge on any atom is -0.383 e. The Bertz CT molecular complexity index is 1140. The van der Waals surface area contributed by atoms with Crippen LogP contribution in [0.3, 0.4) is 0 Å². The molecule has 2 aliphatic heterocycles. The summed E-state index contributed by atoms with van der Waals surface area (Å²) >= 11 is 6.17. The predicted molar refractivity (Wildman–Crippen MR) is 121 cm³/mol. The standard InChI is InChI=1S/C24H22ClN3O4/c1-26(2)14-15-12-21(29)27(20-13-16(25)8-9-19(20)22(15)30)10-5-11-28-23(31)17-6-3-4-7-18(17)24(28)32/h3-4,6-9,13-14H,5,10-12H2,1-2H3. The van der Waals surface area contributed by atoms with E-state index in [1.807, 2.05) is 0 Å². The molecule has 0 saturated carbocycles. The second-order valence-electron chi connectivity index (χ2n) is 7.99. The number of imide groups is 1. The van der Waals surface area contributed by atoms with Crippen LogP contribution in [-0.4, -0.2) is 60.5 Å². The molecule has 0 atom stereocenters. The number of nitrogens with zero attached hydrogens (tertiary/aromatic N) is 3. The van der Waals surface area contributed by atoms with Crippen LogP contribution < -0.4 is 4.90 Å². The van der Waals surface area contributed by atoms with Gasteiger partial charge in [-0.15, -0.1) is 0 Å². The van der Waals surface area contributed by atoms with Crippen LogP contribution in [0.2, 0.25) is 5.02 Å². The van der Waals surface area contributed by atoms with E-state index >= 15 is 0 Å². The number of Topliss-reactive ketones (excluding diaryl/α,β-unsaturated/α-hetero) is 1. The molecule has 0 radical (unpaired) electrons. The first-order valence-electron chi connectivity index (χ1n) is 10.2. The van der Waals surface area contributed by atoms with Crippen molar-refractivity contribution in [3.05, 3.63) is 76.0 Å². The van der Waals surface area contributed by atoms with Crippen molar-refractivity contribution in [2.45, 2.75) is 12.8 Å². The minimum absolute atomic E-state index is 0.0453. The fourth-order valence-corrected chi connectivity index (χ4v) is 4.22. The molecule has 2 aliphatic rings. The van der Waals surface area contributed by atoms with E-state index < -0.39 is 0 Å². The molecule has 0 unspecified atom stereocenters. The normalized spacial score (nSPS) is 17.0. The van der Waals surface area contributed by atoms with Gasteiger partial charge in [0.2, 0.25) is 5.91 Å². The van der Waals surface area contributed by atoms with Crippen LogP contribution in [0.4, 0.5) is 5.69 Å². The van der Waals surface area contributed by atoms with Gasteiger partial charge in [0.25, 0.3) is 11.8 Å². The average Bonchev–Trinajstić information content (AvgIpc) is 2.95. The number of fused-ring (bicyclic) bond motifs is 2. The Balaban J connectivity index is 1.56. The summed E-state index contributed by atoms with van der Waals surface area (Å²) in [4.78, 5) is 55.8. The first-order valence-corrected chi connectivity index (χ1v) is 10.6. The van der Waals surface area contributed by atoms with Crippen molar-refractivity contribution in [1.29, 1.82) is 0 Å². The molecule has 3 amide bonds. The number of ketones is 1. The summed E-state index contributed by atoms with van der Waals surface area (Å²) in [5, 5.41) is 0.412. The first-order chi connectivity index (χ1) is 15.3. The first kappa shape index (κ1) is 21.8. The van der Waals surface area contributed by atoms with E-state index in [1.165, 1.54) is 9.80 Å². The van der Waals surface area contributed by atoms with Crippen LogP contribution in [-0.2, 0) is 4.79 Å². The summed E-state index contributed by atoms with van der Waals surface area (Å²) in [5.74, 6) is -1.12. The van der Waals surface area contributed by atoms with Crippen molar-refractivity contribution in [3.63, 3.8) is 0 Å². The highest BCUT2D eigenvalue weighted by atomic mass is 35.5. The predicted octanol–water partition coefficient (Wildman–Crippen LogP) is 3.39. The molecule has 0 aliphatic carbocycles. The van der Waals surface area contributed by atoms with Crippen molar-refractivity contribution in [2.24, 2.45) is 0 Å². The van der Waals surface area contributed by atoms with E-state index in [0.29, 0.717) is 39.4 Å². The van der Waals surface area contributed by atoms with Crippen molar-refractivity contribution in [3.8, 4) is 0 Å². The van der Waals surface area contributed by atoms with Crippen LogP contribution >= 0.6 is 11.6 Å². The molecular weight excluding hydrogens is 430 g/mol. The lowest BCUT2D eigenvalue weighted by Gasteiger charge is -2.24. The summed E-state index contributed by atoms with van der Waals surface area (Å²) in [5.41, 5.74) is 2.02. The van der Waals surface area contributed by atoms with Crippen LogP contribution in [0, 0.1) is 0 Å². The van der Waals surface area contributed by atoms with Gasteiger partial charge < -0.3 is 9.80 Å². The molecule has 32 heavy (non-hydrogen) atoms. The molecular formula is C24H22ClN3O4. The lowest BCUT2D eigenvalue weighted by Crippen LogP contribution is -2.36. The van der Waals surface area contributed by atoms with E-state index in [4.69, 9.17) is 11.6 Å². The second-order valence-corrected chi connectivity index (χ2v) is 8.43. The molecule has 164 valence electrons.